The fraction of sp³-hybridized carbons (Fsp3) is 0.562. The van der Waals surface area contributed by atoms with E-state index < -0.39 is 0 Å². The Morgan fingerprint density at radius 1 is 1.24 bits per heavy atom. The third kappa shape index (κ3) is 9.24. The summed E-state index contributed by atoms with van der Waals surface area (Å²) >= 11 is 1.90. The van der Waals surface area contributed by atoms with Gasteiger partial charge in [-0.25, -0.2) is 0 Å². The van der Waals surface area contributed by atoms with Crippen molar-refractivity contribution in [2.45, 2.75) is 32.7 Å². The van der Waals surface area contributed by atoms with Crippen molar-refractivity contribution in [3.05, 3.63) is 35.9 Å². The van der Waals surface area contributed by atoms with Gasteiger partial charge in [-0.15, -0.1) is 24.0 Å². The Hall–Kier alpha value is -0.430. The Kier molecular flexibility index (Phi) is 13.0. The second-order valence-corrected chi connectivity index (χ2v) is 5.72. The quantitative estimate of drug-likeness (QED) is 0.288. The van der Waals surface area contributed by atoms with Crippen LogP contribution in [0, 0.1) is 0 Å². The van der Waals surface area contributed by atoms with Crippen molar-refractivity contribution in [1.82, 2.24) is 10.6 Å². The van der Waals surface area contributed by atoms with Crippen LogP contribution < -0.4 is 10.6 Å². The van der Waals surface area contributed by atoms with Gasteiger partial charge >= 0.3 is 0 Å². The maximum atomic E-state index is 4.64. The second kappa shape index (κ2) is 13.2. The molecule has 0 amide bonds. The molecule has 0 aliphatic heterocycles. The number of thioether (sulfide) groups is 1. The van der Waals surface area contributed by atoms with Gasteiger partial charge in [0.15, 0.2) is 5.96 Å². The van der Waals surface area contributed by atoms with Crippen LogP contribution in [0.25, 0.3) is 0 Å². The molecule has 1 aromatic carbocycles. The van der Waals surface area contributed by atoms with E-state index in [9.17, 15) is 0 Å². The standard InChI is InChI=1S/C16H27N3S.HI/c1-4-17-16(18-12-8-9-13-20-3)19-14(2)15-10-6-5-7-11-15;/h5-7,10-11,14H,4,8-9,12-13H2,1-3H3,(H2,17,18,19);1H. The third-order valence-corrected chi connectivity index (χ3v) is 3.72. The lowest BCUT2D eigenvalue weighted by Gasteiger charge is -2.18. The fourth-order valence-electron chi connectivity index (χ4n) is 1.90. The predicted octanol–water partition coefficient (Wildman–Crippen LogP) is 4.06. The van der Waals surface area contributed by atoms with E-state index in [1.54, 1.807) is 0 Å². The molecule has 1 unspecified atom stereocenters. The number of aliphatic imine (C=N–C) groups is 1. The average molecular weight is 421 g/mol. The van der Waals surface area contributed by atoms with E-state index in [4.69, 9.17) is 0 Å². The van der Waals surface area contributed by atoms with E-state index in [1.165, 1.54) is 17.7 Å². The number of nitrogens with zero attached hydrogens (tertiary/aromatic N) is 1. The number of unbranched alkanes of at least 4 members (excludes halogenated alkanes) is 1. The Bertz CT molecular complexity index is 384. The van der Waals surface area contributed by atoms with Gasteiger partial charge in [-0.05, 0) is 44.3 Å². The first-order valence-corrected chi connectivity index (χ1v) is 8.76. The lowest BCUT2D eigenvalue weighted by Crippen LogP contribution is -2.38. The number of benzene rings is 1. The van der Waals surface area contributed by atoms with Crippen molar-refractivity contribution in [3.63, 3.8) is 0 Å². The number of hydrogen-bond donors (Lipinski definition) is 2. The Morgan fingerprint density at radius 3 is 2.57 bits per heavy atom. The van der Waals surface area contributed by atoms with E-state index in [0.717, 1.165) is 25.5 Å². The van der Waals surface area contributed by atoms with Crippen molar-refractivity contribution >= 4 is 41.7 Å². The minimum atomic E-state index is 0. The summed E-state index contributed by atoms with van der Waals surface area (Å²) in [5, 5.41) is 6.77. The van der Waals surface area contributed by atoms with Gasteiger partial charge in [0.25, 0.3) is 0 Å². The Labute approximate surface area is 150 Å². The van der Waals surface area contributed by atoms with E-state index >= 15 is 0 Å². The zero-order valence-corrected chi connectivity index (χ0v) is 16.4. The van der Waals surface area contributed by atoms with Gasteiger partial charge in [0, 0.05) is 13.1 Å². The third-order valence-electron chi connectivity index (χ3n) is 3.02. The van der Waals surface area contributed by atoms with Gasteiger partial charge in [0.1, 0.15) is 0 Å². The molecule has 5 heteroatoms. The van der Waals surface area contributed by atoms with E-state index in [2.05, 4.69) is 60.0 Å². The summed E-state index contributed by atoms with van der Waals surface area (Å²) < 4.78 is 0. The van der Waals surface area contributed by atoms with Gasteiger partial charge in [-0.3, -0.25) is 4.99 Å². The average Bonchev–Trinajstić information content (AvgIpc) is 2.48. The Balaban J connectivity index is 0.00000400. The smallest absolute Gasteiger partial charge is 0.191 e. The van der Waals surface area contributed by atoms with Crippen LogP contribution in [0.15, 0.2) is 35.3 Å². The highest BCUT2D eigenvalue weighted by atomic mass is 127. The first-order chi connectivity index (χ1) is 9.77. The largest absolute Gasteiger partial charge is 0.357 e. The van der Waals surface area contributed by atoms with Gasteiger partial charge in [0.05, 0.1) is 6.04 Å². The first kappa shape index (κ1) is 20.6. The normalized spacial score (nSPS) is 12.4. The lowest BCUT2D eigenvalue weighted by molar-refractivity contribution is 0.682. The van der Waals surface area contributed by atoms with Crippen LogP contribution in [0.3, 0.4) is 0 Å². The molecule has 0 spiro atoms. The monoisotopic (exact) mass is 421 g/mol. The van der Waals surface area contributed by atoms with Crippen LogP contribution >= 0.6 is 35.7 Å². The predicted molar refractivity (Wildman–Crippen MR) is 107 cm³/mol. The van der Waals surface area contributed by atoms with Gasteiger partial charge in [0.2, 0.25) is 0 Å². The Morgan fingerprint density at radius 2 is 1.95 bits per heavy atom. The summed E-state index contributed by atoms with van der Waals surface area (Å²) in [6, 6.07) is 10.7. The number of guanidine groups is 1. The number of hydrogen-bond acceptors (Lipinski definition) is 2. The molecule has 0 aromatic heterocycles. The van der Waals surface area contributed by atoms with E-state index in [1.807, 2.05) is 17.8 Å². The second-order valence-electron chi connectivity index (χ2n) is 4.74. The van der Waals surface area contributed by atoms with Crippen LogP contribution in [0.5, 0.6) is 0 Å². The molecule has 1 atom stereocenters. The van der Waals surface area contributed by atoms with Crippen molar-refractivity contribution in [1.29, 1.82) is 0 Å². The summed E-state index contributed by atoms with van der Waals surface area (Å²) in [4.78, 5) is 4.64. The highest BCUT2D eigenvalue weighted by Crippen LogP contribution is 2.10. The molecule has 21 heavy (non-hydrogen) atoms. The molecule has 0 saturated heterocycles. The van der Waals surface area contributed by atoms with Crippen LogP contribution in [-0.4, -0.2) is 31.1 Å². The maximum absolute atomic E-state index is 4.64. The molecule has 0 aliphatic carbocycles. The molecule has 2 N–H and O–H groups in total. The van der Waals surface area contributed by atoms with Crippen LogP contribution in [-0.2, 0) is 0 Å². The van der Waals surface area contributed by atoms with E-state index in [-0.39, 0.29) is 30.0 Å². The van der Waals surface area contributed by atoms with Gasteiger partial charge in [-0.1, -0.05) is 30.3 Å². The molecule has 0 bridgehead atoms. The van der Waals surface area contributed by atoms with E-state index in [0.29, 0.717) is 0 Å². The summed E-state index contributed by atoms with van der Waals surface area (Å²) in [5.74, 6) is 2.13. The minimum Gasteiger partial charge on any atom is -0.357 e. The van der Waals surface area contributed by atoms with Crippen molar-refractivity contribution in [2.75, 3.05) is 25.1 Å². The molecule has 0 saturated carbocycles. The highest BCUT2D eigenvalue weighted by Gasteiger charge is 2.06. The molecule has 1 rings (SSSR count). The van der Waals surface area contributed by atoms with Crippen LogP contribution in [0.4, 0.5) is 0 Å². The highest BCUT2D eigenvalue weighted by molar-refractivity contribution is 14.0. The summed E-state index contributed by atoms with van der Waals surface area (Å²) in [7, 11) is 0. The van der Waals surface area contributed by atoms with Gasteiger partial charge in [-0.2, -0.15) is 11.8 Å². The number of halogens is 1. The molecule has 0 heterocycles. The topological polar surface area (TPSA) is 36.4 Å². The zero-order valence-electron chi connectivity index (χ0n) is 13.3. The molecular weight excluding hydrogens is 393 g/mol. The fourth-order valence-corrected chi connectivity index (χ4v) is 2.39. The molecular formula is C16H28IN3S. The summed E-state index contributed by atoms with van der Waals surface area (Å²) in [5.41, 5.74) is 1.28. The van der Waals surface area contributed by atoms with Crippen molar-refractivity contribution < 1.29 is 0 Å². The molecule has 0 fully saturated rings. The van der Waals surface area contributed by atoms with Crippen molar-refractivity contribution in [3.8, 4) is 0 Å². The van der Waals surface area contributed by atoms with Crippen LogP contribution in [0.2, 0.25) is 0 Å². The number of nitrogens with one attached hydrogen (secondary N) is 2. The minimum absolute atomic E-state index is 0. The molecule has 1 aromatic rings. The molecule has 0 aliphatic rings. The van der Waals surface area contributed by atoms with Crippen molar-refractivity contribution in [2.24, 2.45) is 4.99 Å². The molecule has 120 valence electrons. The molecule has 0 radical (unpaired) electrons. The zero-order chi connectivity index (χ0) is 14.6. The maximum Gasteiger partial charge on any atom is 0.191 e. The lowest BCUT2D eigenvalue weighted by atomic mass is 10.1. The van der Waals surface area contributed by atoms with Crippen LogP contribution in [0.1, 0.15) is 38.3 Å². The summed E-state index contributed by atoms with van der Waals surface area (Å²) in [6.07, 6.45) is 4.53. The summed E-state index contributed by atoms with van der Waals surface area (Å²) in [6.45, 7) is 6.03. The molecule has 3 nitrogen and oxygen atoms in total. The van der Waals surface area contributed by atoms with Gasteiger partial charge < -0.3 is 10.6 Å². The SMILES string of the molecule is CCNC(=NCCCCSC)NC(C)c1ccccc1.I. The number of rotatable bonds is 8. The first-order valence-electron chi connectivity index (χ1n) is 7.36.